The first-order valence-electron chi connectivity index (χ1n) is 7.97. The predicted molar refractivity (Wildman–Crippen MR) is 94.1 cm³/mol. The molecule has 0 saturated carbocycles. The van der Waals surface area contributed by atoms with Gasteiger partial charge in [0.1, 0.15) is 17.4 Å². The number of hydrogen-bond donors (Lipinski definition) is 3. The minimum absolute atomic E-state index is 0.126. The van der Waals surface area contributed by atoms with Crippen LogP contribution in [0.4, 0.5) is 4.79 Å². The molecule has 0 saturated heterocycles. The number of nitrogens with one attached hydrogen (secondary N) is 2. The Morgan fingerprint density at radius 3 is 2.56 bits per heavy atom. The van der Waals surface area contributed by atoms with Crippen LogP contribution >= 0.6 is 0 Å². The van der Waals surface area contributed by atoms with Gasteiger partial charge in [-0.15, -0.1) is 0 Å². The minimum atomic E-state index is -1.13. The van der Waals surface area contributed by atoms with Gasteiger partial charge in [0.05, 0.1) is 7.11 Å². The van der Waals surface area contributed by atoms with E-state index in [4.69, 9.17) is 9.47 Å². The minimum Gasteiger partial charge on any atom is -0.497 e. The Balaban J connectivity index is 2.25. The zero-order chi connectivity index (χ0) is 18.8. The van der Waals surface area contributed by atoms with Crippen molar-refractivity contribution in [3.05, 3.63) is 29.5 Å². The van der Waals surface area contributed by atoms with Gasteiger partial charge >= 0.3 is 12.1 Å². The van der Waals surface area contributed by atoms with Gasteiger partial charge in [-0.2, -0.15) is 0 Å². The van der Waals surface area contributed by atoms with Crippen molar-refractivity contribution in [2.75, 3.05) is 7.11 Å². The van der Waals surface area contributed by atoms with E-state index in [0.717, 1.165) is 22.0 Å². The molecule has 2 rings (SSSR count). The highest BCUT2D eigenvalue weighted by atomic mass is 16.6. The van der Waals surface area contributed by atoms with E-state index >= 15 is 0 Å². The van der Waals surface area contributed by atoms with Crippen molar-refractivity contribution in [3.63, 3.8) is 0 Å². The highest BCUT2D eigenvalue weighted by Gasteiger charge is 2.25. The van der Waals surface area contributed by atoms with Gasteiger partial charge in [0, 0.05) is 23.5 Å². The van der Waals surface area contributed by atoms with Crippen molar-refractivity contribution >= 4 is 23.0 Å². The fraction of sp³-hybridized carbons (Fsp3) is 0.444. The van der Waals surface area contributed by atoms with Crippen molar-refractivity contribution in [1.82, 2.24) is 10.3 Å². The molecule has 3 N–H and O–H groups in total. The van der Waals surface area contributed by atoms with E-state index in [1.807, 2.05) is 19.1 Å². The number of H-pyrrole nitrogens is 1. The summed E-state index contributed by atoms with van der Waals surface area (Å²) in [6, 6.07) is 2.65. The number of rotatable bonds is 5. The van der Waals surface area contributed by atoms with Crippen LogP contribution in [-0.2, 0) is 16.0 Å². The third kappa shape index (κ3) is 4.65. The van der Waals surface area contributed by atoms with Crippen molar-refractivity contribution in [2.45, 2.75) is 45.8 Å². The summed E-state index contributed by atoms with van der Waals surface area (Å²) in [5.41, 5.74) is 1.99. The normalized spacial score (nSPS) is 12.7. The number of aryl methyl sites for hydroxylation is 1. The van der Waals surface area contributed by atoms with Crippen LogP contribution in [0.2, 0.25) is 0 Å². The number of methoxy groups -OCH3 is 1. The fourth-order valence-electron chi connectivity index (χ4n) is 2.59. The number of carboxylic acid groups (broad SMARTS) is 1. The first-order valence-corrected chi connectivity index (χ1v) is 7.97. The molecule has 1 aromatic carbocycles. The third-order valence-electron chi connectivity index (χ3n) is 3.69. The highest BCUT2D eigenvalue weighted by Crippen LogP contribution is 2.28. The van der Waals surface area contributed by atoms with Crippen LogP contribution in [0.15, 0.2) is 18.3 Å². The van der Waals surface area contributed by atoms with E-state index < -0.39 is 23.7 Å². The molecule has 1 heterocycles. The van der Waals surface area contributed by atoms with E-state index in [1.165, 1.54) is 0 Å². The largest absolute Gasteiger partial charge is 0.497 e. The van der Waals surface area contributed by atoms with Crippen LogP contribution in [0, 0.1) is 6.92 Å². The number of benzene rings is 1. The maximum atomic E-state index is 11.9. The topological polar surface area (TPSA) is 101 Å². The Kier molecular flexibility index (Phi) is 5.25. The summed E-state index contributed by atoms with van der Waals surface area (Å²) in [5.74, 6) is -0.433. The van der Waals surface area contributed by atoms with Gasteiger partial charge in [-0.05, 0) is 51.0 Å². The van der Waals surface area contributed by atoms with E-state index in [2.05, 4.69) is 10.3 Å². The van der Waals surface area contributed by atoms with Gasteiger partial charge in [-0.3, -0.25) is 0 Å². The molecular weight excluding hydrogens is 324 g/mol. The fourth-order valence-corrected chi connectivity index (χ4v) is 2.59. The summed E-state index contributed by atoms with van der Waals surface area (Å²) in [7, 11) is 1.58. The summed E-state index contributed by atoms with van der Waals surface area (Å²) in [5, 5.41) is 12.7. The van der Waals surface area contributed by atoms with Crippen LogP contribution in [0.5, 0.6) is 5.75 Å². The second kappa shape index (κ2) is 7.04. The zero-order valence-corrected chi connectivity index (χ0v) is 15.1. The second-order valence-electron chi connectivity index (χ2n) is 6.92. The summed E-state index contributed by atoms with van der Waals surface area (Å²) >= 11 is 0. The number of hydrogen-bond acceptors (Lipinski definition) is 4. The van der Waals surface area contributed by atoms with Gasteiger partial charge in [0.2, 0.25) is 0 Å². The average molecular weight is 348 g/mol. The standard InChI is InChI=1S/C18H24N2O5/c1-10-6-12(24-5)8-13-11(9-19-15(10)13)7-14(16(21)22)20-17(23)25-18(2,3)4/h6,8-9,14,19H,7H2,1-5H3,(H,20,23)(H,21,22). The molecule has 1 unspecified atom stereocenters. The molecular formula is C18H24N2O5. The van der Waals surface area contributed by atoms with E-state index in [0.29, 0.717) is 5.75 Å². The van der Waals surface area contributed by atoms with Crippen molar-refractivity contribution in [2.24, 2.45) is 0 Å². The number of alkyl carbamates (subject to hydrolysis) is 1. The van der Waals surface area contributed by atoms with Gasteiger partial charge in [-0.1, -0.05) is 0 Å². The molecule has 1 atom stereocenters. The zero-order valence-electron chi connectivity index (χ0n) is 15.1. The van der Waals surface area contributed by atoms with Gasteiger partial charge in [-0.25, -0.2) is 9.59 Å². The molecule has 0 aliphatic rings. The molecule has 0 bridgehead atoms. The SMILES string of the molecule is COc1cc(C)c2[nH]cc(CC(NC(=O)OC(C)(C)C)C(=O)O)c2c1. The number of carbonyl (C=O) groups is 2. The number of amides is 1. The van der Waals surface area contributed by atoms with Crippen molar-refractivity contribution < 1.29 is 24.2 Å². The van der Waals surface area contributed by atoms with Gasteiger partial charge in [0.25, 0.3) is 0 Å². The van der Waals surface area contributed by atoms with Crippen LogP contribution in [0.25, 0.3) is 10.9 Å². The van der Waals surface area contributed by atoms with Crippen LogP contribution in [0.1, 0.15) is 31.9 Å². The number of aromatic nitrogens is 1. The lowest BCUT2D eigenvalue weighted by molar-refractivity contribution is -0.139. The number of aromatic amines is 1. The summed E-state index contributed by atoms with van der Waals surface area (Å²) in [4.78, 5) is 26.6. The molecule has 7 nitrogen and oxygen atoms in total. The highest BCUT2D eigenvalue weighted by molar-refractivity contribution is 5.88. The molecule has 136 valence electrons. The maximum Gasteiger partial charge on any atom is 0.408 e. The van der Waals surface area contributed by atoms with Gasteiger partial charge < -0.3 is 24.9 Å². The molecule has 25 heavy (non-hydrogen) atoms. The molecule has 0 spiro atoms. The van der Waals surface area contributed by atoms with E-state index in [1.54, 1.807) is 34.1 Å². The number of carboxylic acids is 1. The number of aliphatic carboxylic acids is 1. The average Bonchev–Trinajstić information content (AvgIpc) is 2.88. The van der Waals surface area contributed by atoms with Crippen molar-refractivity contribution in [3.8, 4) is 5.75 Å². The Labute approximate surface area is 146 Å². The van der Waals surface area contributed by atoms with E-state index in [-0.39, 0.29) is 6.42 Å². The van der Waals surface area contributed by atoms with Gasteiger partial charge in [0.15, 0.2) is 0 Å². The summed E-state index contributed by atoms with van der Waals surface area (Å²) in [6.07, 6.45) is 1.12. The third-order valence-corrected chi connectivity index (χ3v) is 3.69. The summed E-state index contributed by atoms with van der Waals surface area (Å²) in [6.45, 7) is 7.10. The Hall–Kier alpha value is -2.70. The monoisotopic (exact) mass is 348 g/mol. The molecule has 1 aromatic heterocycles. The molecule has 0 radical (unpaired) electrons. The number of fused-ring (bicyclic) bond motifs is 1. The van der Waals surface area contributed by atoms with E-state index in [9.17, 15) is 14.7 Å². The molecule has 7 heteroatoms. The maximum absolute atomic E-state index is 11.9. The first kappa shape index (κ1) is 18.6. The Morgan fingerprint density at radius 2 is 2.00 bits per heavy atom. The molecule has 0 fully saturated rings. The molecule has 0 aliphatic carbocycles. The lowest BCUT2D eigenvalue weighted by Crippen LogP contribution is -2.44. The second-order valence-corrected chi connectivity index (χ2v) is 6.92. The van der Waals surface area contributed by atoms with Crippen LogP contribution in [-0.4, -0.2) is 40.9 Å². The summed E-state index contributed by atoms with van der Waals surface area (Å²) < 4.78 is 10.4. The lowest BCUT2D eigenvalue weighted by atomic mass is 10.0. The Bertz CT molecular complexity index is 789. The number of ether oxygens (including phenoxy) is 2. The Morgan fingerprint density at radius 1 is 1.32 bits per heavy atom. The quantitative estimate of drug-likeness (QED) is 0.771. The molecule has 1 amide bonds. The molecule has 2 aromatic rings. The predicted octanol–water partition coefficient (Wildman–Crippen LogP) is 3.01. The first-order chi connectivity index (χ1) is 11.6. The van der Waals surface area contributed by atoms with Crippen molar-refractivity contribution in [1.29, 1.82) is 0 Å². The lowest BCUT2D eigenvalue weighted by Gasteiger charge is -2.22. The molecule has 0 aliphatic heterocycles. The van der Waals surface area contributed by atoms with Crippen LogP contribution in [0.3, 0.4) is 0 Å². The van der Waals surface area contributed by atoms with Crippen LogP contribution < -0.4 is 10.1 Å². The number of carbonyl (C=O) groups excluding carboxylic acids is 1. The smallest absolute Gasteiger partial charge is 0.408 e.